The Bertz CT molecular complexity index is 507. The SMILES string of the molecule is Bc1cccnc1Oc1cnc(SCCC)nc1. The van der Waals surface area contributed by atoms with Crippen molar-refractivity contribution in [2.75, 3.05) is 5.75 Å². The molecule has 0 bridgehead atoms. The molecule has 2 aromatic rings. The van der Waals surface area contributed by atoms with Crippen molar-refractivity contribution in [2.24, 2.45) is 0 Å². The Morgan fingerprint density at radius 3 is 2.72 bits per heavy atom. The Hall–Kier alpha value is -1.56. The van der Waals surface area contributed by atoms with Gasteiger partial charge in [-0.2, -0.15) is 0 Å². The highest BCUT2D eigenvalue weighted by Crippen LogP contribution is 2.18. The highest BCUT2D eigenvalue weighted by Gasteiger charge is 2.03. The van der Waals surface area contributed by atoms with Crippen LogP contribution in [0.15, 0.2) is 35.9 Å². The van der Waals surface area contributed by atoms with Crippen molar-refractivity contribution in [3.05, 3.63) is 30.7 Å². The number of aromatic nitrogens is 3. The number of hydrogen-bond acceptors (Lipinski definition) is 5. The molecule has 0 fully saturated rings. The quantitative estimate of drug-likeness (QED) is 0.461. The zero-order valence-electron chi connectivity index (χ0n) is 10.5. The van der Waals surface area contributed by atoms with E-state index in [1.54, 1.807) is 30.4 Å². The molecule has 0 unspecified atom stereocenters. The predicted molar refractivity (Wildman–Crippen MR) is 75.5 cm³/mol. The Morgan fingerprint density at radius 1 is 1.28 bits per heavy atom. The second-order valence-electron chi connectivity index (χ2n) is 3.78. The number of nitrogens with zero attached hydrogens (tertiary/aromatic N) is 3. The van der Waals surface area contributed by atoms with Crippen LogP contribution in [0.2, 0.25) is 0 Å². The zero-order valence-corrected chi connectivity index (χ0v) is 11.3. The number of thioether (sulfide) groups is 1. The Balaban J connectivity index is 2.04. The van der Waals surface area contributed by atoms with Gasteiger partial charge in [0.2, 0.25) is 5.88 Å². The van der Waals surface area contributed by atoms with E-state index < -0.39 is 0 Å². The highest BCUT2D eigenvalue weighted by molar-refractivity contribution is 7.99. The number of pyridine rings is 1. The van der Waals surface area contributed by atoms with Crippen LogP contribution in [0, 0.1) is 0 Å². The number of ether oxygens (including phenoxy) is 1. The molecule has 6 heteroatoms. The summed E-state index contributed by atoms with van der Waals surface area (Å²) in [6, 6.07) is 3.83. The second-order valence-corrected chi connectivity index (χ2v) is 4.84. The molecule has 2 heterocycles. The first kappa shape index (κ1) is 12.9. The average Bonchev–Trinajstić information content (AvgIpc) is 2.41. The van der Waals surface area contributed by atoms with Gasteiger partial charge in [0.1, 0.15) is 7.85 Å². The van der Waals surface area contributed by atoms with E-state index in [-0.39, 0.29) is 0 Å². The maximum absolute atomic E-state index is 5.62. The normalized spacial score (nSPS) is 10.3. The van der Waals surface area contributed by atoms with Crippen LogP contribution in [0.4, 0.5) is 0 Å². The largest absolute Gasteiger partial charge is 0.436 e. The van der Waals surface area contributed by atoms with Crippen LogP contribution >= 0.6 is 11.8 Å². The minimum Gasteiger partial charge on any atom is -0.436 e. The molecule has 0 atom stereocenters. The maximum Gasteiger partial charge on any atom is 0.212 e. The third kappa shape index (κ3) is 3.47. The smallest absolute Gasteiger partial charge is 0.212 e. The molecular formula is C12H14BN3OS. The van der Waals surface area contributed by atoms with Crippen molar-refractivity contribution < 1.29 is 4.74 Å². The molecule has 2 aromatic heterocycles. The van der Waals surface area contributed by atoms with Crippen LogP contribution in [0.1, 0.15) is 13.3 Å². The second kappa shape index (κ2) is 6.40. The monoisotopic (exact) mass is 259 g/mol. The molecule has 4 nitrogen and oxygen atoms in total. The Labute approximate surface area is 112 Å². The van der Waals surface area contributed by atoms with Gasteiger partial charge in [-0.3, -0.25) is 0 Å². The fourth-order valence-electron chi connectivity index (χ4n) is 1.31. The molecule has 18 heavy (non-hydrogen) atoms. The van der Waals surface area contributed by atoms with Gasteiger partial charge in [0.05, 0.1) is 12.4 Å². The van der Waals surface area contributed by atoms with Crippen molar-refractivity contribution >= 4 is 25.1 Å². The van der Waals surface area contributed by atoms with Gasteiger partial charge in [0.25, 0.3) is 0 Å². The van der Waals surface area contributed by atoms with E-state index in [0.717, 1.165) is 22.8 Å². The van der Waals surface area contributed by atoms with Crippen LogP contribution in [-0.4, -0.2) is 28.6 Å². The van der Waals surface area contributed by atoms with E-state index in [9.17, 15) is 0 Å². The molecule has 0 radical (unpaired) electrons. The highest BCUT2D eigenvalue weighted by atomic mass is 32.2. The summed E-state index contributed by atoms with van der Waals surface area (Å²) in [6.45, 7) is 2.13. The van der Waals surface area contributed by atoms with Crippen molar-refractivity contribution in [3.63, 3.8) is 0 Å². The molecule has 0 saturated carbocycles. The van der Waals surface area contributed by atoms with Gasteiger partial charge in [-0.15, -0.1) is 0 Å². The van der Waals surface area contributed by atoms with Gasteiger partial charge in [-0.25, -0.2) is 15.0 Å². The number of rotatable bonds is 5. The van der Waals surface area contributed by atoms with Crippen LogP contribution in [0.5, 0.6) is 11.6 Å². The lowest BCUT2D eigenvalue weighted by Crippen LogP contribution is -2.07. The van der Waals surface area contributed by atoms with Crippen molar-refractivity contribution in [1.29, 1.82) is 0 Å². The van der Waals surface area contributed by atoms with E-state index in [0.29, 0.717) is 11.6 Å². The molecule has 2 rings (SSSR count). The topological polar surface area (TPSA) is 47.9 Å². The lowest BCUT2D eigenvalue weighted by molar-refractivity contribution is 0.460. The molecule has 0 spiro atoms. The minimum atomic E-state index is 0.593. The van der Waals surface area contributed by atoms with Gasteiger partial charge >= 0.3 is 0 Å². The lowest BCUT2D eigenvalue weighted by atomic mass is 9.98. The maximum atomic E-state index is 5.62. The first-order valence-electron chi connectivity index (χ1n) is 5.84. The van der Waals surface area contributed by atoms with Crippen LogP contribution < -0.4 is 10.2 Å². The summed E-state index contributed by atoms with van der Waals surface area (Å²) < 4.78 is 5.62. The van der Waals surface area contributed by atoms with E-state index in [1.165, 1.54) is 0 Å². The third-order valence-corrected chi connectivity index (χ3v) is 3.30. The van der Waals surface area contributed by atoms with Gasteiger partial charge in [0.15, 0.2) is 10.9 Å². The molecule has 0 aliphatic rings. The standard InChI is InChI=1S/C12H14BN3OS/c1-2-6-18-12-15-7-9(8-16-12)17-11-10(13)4-3-5-14-11/h3-5,7-8H,2,6,13H2,1H3. The lowest BCUT2D eigenvalue weighted by Gasteiger charge is -2.06. The molecule has 0 saturated heterocycles. The summed E-state index contributed by atoms with van der Waals surface area (Å²) in [5.41, 5.74) is 0.988. The van der Waals surface area contributed by atoms with Gasteiger partial charge in [-0.1, -0.05) is 24.8 Å². The summed E-state index contributed by atoms with van der Waals surface area (Å²) in [4.78, 5) is 12.6. The fraction of sp³-hybridized carbons (Fsp3) is 0.250. The van der Waals surface area contributed by atoms with E-state index in [2.05, 4.69) is 21.9 Å². The van der Waals surface area contributed by atoms with Crippen molar-refractivity contribution in [2.45, 2.75) is 18.5 Å². The summed E-state index contributed by atoms with van der Waals surface area (Å²) in [5.74, 6) is 2.23. The van der Waals surface area contributed by atoms with Gasteiger partial charge < -0.3 is 4.74 Å². The summed E-state index contributed by atoms with van der Waals surface area (Å²) in [6.07, 6.45) is 6.17. The zero-order chi connectivity index (χ0) is 12.8. The number of hydrogen-bond donors (Lipinski definition) is 0. The van der Waals surface area contributed by atoms with Gasteiger partial charge in [0, 0.05) is 11.9 Å². The molecule has 0 aliphatic carbocycles. The molecule has 0 N–H and O–H groups in total. The van der Waals surface area contributed by atoms with Crippen molar-refractivity contribution in [1.82, 2.24) is 15.0 Å². The summed E-state index contributed by atoms with van der Waals surface area (Å²) in [7, 11) is 1.95. The molecule has 0 amide bonds. The van der Waals surface area contributed by atoms with Crippen LogP contribution in [-0.2, 0) is 0 Å². The summed E-state index contributed by atoms with van der Waals surface area (Å²) >= 11 is 1.65. The molecular weight excluding hydrogens is 245 g/mol. The predicted octanol–water partition coefficient (Wildman–Crippen LogP) is 1.42. The van der Waals surface area contributed by atoms with Crippen LogP contribution in [0.25, 0.3) is 0 Å². The molecule has 92 valence electrons. The average molecular weight is 259 g/mol. The van der Waals surface area contributed by atoms with E-state index in [1.807, 2.05) is 20.0 Å². The summed E-state index contributed by atoms with van der Waals surface area (Å²) in [5, 5.41) is 0.780. The Morgan fingerprint density at radius 2 is 2.06 bits per heavy atom. The fourth-order valence-corrected chi connectivity index (χ4v) is 1.96. The van der Waals surface area contributed by atoms with Crippen molar-refractivity contribution in [3.8, 4) is 11.6 Å². The minimum absolute atomic E-state index is 0.593. The third-order valence-electron chi connectivity index (χ3n) is 2.22. The Kier molecular flexibility index (Phi) is 4.58. The first-order valence-corrected chi connectivity index (χ1v) is 6.82. The van der Waals surface area contributed by atoms with E-state index >= 15 is 0 Å². The van der Waals surface area contributed by atoms with Gasteiger partial charge in [-0.05, 0) is 17.9 Å². The van der Waals surface area contributed by atoms with Crippen LogP contribution in [0.3, 0.4) is 0 Å². The molecule has 0 aliphatic heterocycles. The van der Waals surface area contributed by atoms with E-state index in [4.69, 9.17) is 4.74 Å². The molecule has 0 aromatic carbocycles. The first-order chi connectivity index (χ1) is 8.79.